The molecule has 0 aromatic carbocycles. The maximum Gasteiger partial charge on any atom is 0.472 e. The van der Waals surface area contributed by atoms with Crippen LogP contribution in [-0.4, -0.2) is 49.9 Å². The fourth-order valence-corrected chi connectivity index (χ4v) is 7.18. The summed E-state index contributed by atoms with van der Waals surface area (Å²) >= 11 is 0. The van der Waals surface area contributed by atoms with Crippen molar-refractivity contribution in [1.29, 1.82) is 0 Å². The number of unbranched alkanes of at least 4 members (excludes halogenated alkanes) is 25. The van der Waals surface area contributed by atoms with Gasteiger partial charge in [0.1, 0.15) is 6.10 Å². The minimum atomic E-state index is -4.27. The van der Waals surface area contributed by atoms with Gasteiger partial charge in [-0.05, 0) is 51.4 Å². The van der Waals surface area contributed by atoms with Crippen LogP contribution in [0.2, 0.25) is 0 Å². The Labute approximate surface area is 339 Å². The third-order valence-corrected chi connectivity index (χ3v) is 10.8. The number of esters is 1. The van der Waals surface area contributed by atoms with Crippen LogP contribution in [0, 0.1) is 0 Å². The number of nitrogens with two attached hydrogens (primary N) is 1. The lowest BCUT2D eigenvalue weighted by molar-refractivity contribution is -0.154. The fraction of sp³-hybridized carbons (Fsp3) is 0.848. The third kappa shape index (κ3) is 43.7. The predicted octanol–water partition coefficient (Wildman–Crippen LogP) is 13.8. The van der Waals surface area contributed by atoms with Crippen molar-refractivity contribution in [3.8, 4) is 0 Å². The van der Waals surface area contributed by atoms with E-state index in [4.69, 9.17) is 24.3 Å². The van der Waals surface area contributed by atoms with Crippen LogP contribution >= 0.6 is 7.82 Å². The molecule has 0 saturated carbocycles. The SMILES string of the molecule is CCCCCCC/C=C\C/C=C\C/C=C\CCCCCCCCCCCCC(=O)OC(COCCCCCCCCCCCCC)COP(=O)(O)OCCN. The highest BCUT2D eigenvalue weighted by molar-refractivity contribution is 7.47. The van der Waals surface area contributed by atoms with Gasteiger partial charge in [0.2, 0.25) is 0 Å². The molecule has 2 unspecified atom stereocenters. The van der Waals surface area contributed by atoms with Crippen molar-refractivity contribution in [2.75, 3.05) is 33.0 Å². The normalized spacial score (nSPS) is 13.7. The van der Waals surface area contributed by atoms with Crippen molar-refractivity contribution in [2.24, 2.45) is 5.73 Å². The van der Waals surface area contributed by atoms with Crippen molar-refractivity contribution in [3.63, 3.8) is 0 Å². The predicted molar refractivity (Wildman–Crippen MR) is 233 cm³/mol. The van der Waals surface area contributed by atoms with Gasteiger partial charge in [-0.15, -0.1) is 0 Å². The van der Waals surface area contributed by atoms with Crippen LogP contribution in [0.3, 0.4) is 0 Å². The molecule has 2 atom stereocenters. The van der Waals surface area contributed by atoms with E-state index >= 15 is 0 Å². The van der Waals surface area contributed by atoms with Gasteiger partial charge in [-0.2, -0.15) is 0 Å². The standard InChI is InChI=1S/C46H88NO7P/c1-3-5-7-9-11-13-15-16-17-18-19-20-21-22-23-24-25-26-27-28-29-31-33-35-37-39-46(48)54-45(44-53-55(49,50)52-42-40-47)43-51-41-38-36-34-32-30-14-12-10-8-6-4-2/h15-16,18-19,21-22,45H,3-14,17,20,23-44,47H2,1-2H3,(H,49,50)/b16-15-,19-18-,22-21-. The Morgan fingerprint density at radius 1 is 0.545 bits per heavy atom. The van der Waals surface area contributed by atoms with Crippen molar-refractivity contribution < 1.29 is 32.8 Å². The monoisotopic (exact) mass is 798 g/mol. The smallest absolute Gasteiger partial charge is 0.457 e. The van der Waals surface area contributed by atoms with Crippen LogP contribution in [-0.2, 0) is 27.9 Å². The highest BCUT2D eigenvalue weighted by atomic mass is 31.2. The summed E-state index contributed by atoms with van der Waals surface area (Å²) in [5.74, 6) is -0.333. The molecule has 3 N–H and O–H groups in total. The van der Waals surface area contributed by atoms with Gasteiger partial charge in [0, 0.05) is 19.6 Å². The summed E-state index contributed by atoms with van der Waals surface area (Å²) < 4.78 is 33.4. The number of phosphoric ester groups is 1. The number of carbonyl (C=O) groups excluding carboxylic acids is 1. The average Bonchev–Trinajstić information content (AvgIpc) is 3.17. The molecular formula is C46H88NO7P. The molecule has 55 heavy (non-hydrogen) atoms. The molecule has 0 aliphatic heterocycles. The Bertz CT molecular complexity index is 941. The number of ether oxygens (including phenoxy) is 2. The zero-order chi connectivity index (χ0) is 40.2. The van der Waals surface area contributed by atoms with Crippen molar-refractivity contribution in [1.82, 2.24) is 0 Å². The Morgan fingerprint density at radius 3 is 1.44 bits per heavy atom. The third-order valence-electron chi connectivity index (χ3n) is 9.81. The van der Waals surface area contributed by atoms with Crippen LogP contribution in [0.1, 0.15) is 213 Å². The first-order chi connectivity index (χ1) is 26.9. The van der Waals surface area contributed by atoms with Crippen LogP contribution in [0.15, 0.2) is 36.5 Å². The van der Waals surface area contributed by atoms with Crippen molar-refractivity contribution in [2.45, 2.75) is 219 Å². The molecule has 0 rings (SSSR count). The van der Waals surface area contributed by atoms with E-state index in [1.165, 1.54) is 148 Å². The number of carbonyl (C=O) groups is 1. The molecule has 0 aromatic rings. The van der Waals surface area contributed by atoms with E-state index < -0.39 is 13.9 Å². The van der Waals surface area contributed by atoms with Crippen molar-refractivity contribution in [3.05, 3.63) is 36.5 Å². The lowest BCUT2D eigenvalue weighted by Gasteiger charge is -2.20. The van der Waals surface area contributed by atoms with E-state index in [0.29, 0.717) is 13.0 Å². The average molecular weight is 798 g/mol. The van der Waals surface area contributed by atoms with Gasteiger partial charge in [-0.1, -0.05) is 192 Å². The second kappa shape index (κ2) is 43.8. The minimum absolute atomic E-state index is 0.0953. The molecule has 0 radical (unpaired) electrons. The number of hydrogen-bond acceptors (Lipinski definition) is 7. The lowest BCUT2D eigenvalue weighted by Crippen LogP contribution is -2.28. The van der Waals surface area contributed by atoms with Crippen molar-refractivity contribution >= 4 is 13.8 Å². The molecule has 0 saturated heterocycles. The molecule has 0 spiro atoms. The summed E-state index contributed by atoms with van der Waals surface area (Å²) in [6.07, 6.45) is 50.2. The summed E-state index contributed by atoms with van der Waals surface area (Å²) in [5.41, 5.74) is 5.37. The Morgan fingerprint density at radius 2 is 0.964 bits per heavy atom. The van der Waals surface area contributed by atoms with Gasteiger partial charge < -0.3 is 20.1 Å². The Kier molecular flexibility index (Phi) is 42.8. The lowest BCUT2D eigenvalue weighted by atomic mass is 10.0. The second-order valence-electron chi connectivity index (χ2n) is 15.3. The summed E-state index contributed by atoms with van der Waals surface area (Å²) in [7, 11) is -4.27. The van der Waals surface area contributed by atoms with Crippen LogP contribution < -0.4 is 5.73 Å². The molecule has 0 bridgehead atoms. The van der Waals surface area contributed by atoms with Crippen LogP contribution in [0.4, 0.5) is 0 Å². The van der Waals surface area contributed by atoms with Crippen LogP contribution in [0.5, 0.6) is 0 Å². The highest BCUT2D eigenvalue weighted by Crippen LogP contribution is 2.43. The molecule has 0 aliphatic carbocycles. The summed E-state index contributed by atoms with van der Waals surface area (Å²) in [5, 5.41) is 0. The number of hydrogen-bond donors (Lipinski definition) is 2. The molecule has 324 valence electrons. The molecule has 9 heteroatoms. The topological polar surface area (TPSA) is 117 Å². The zero-order valence-electron chi connectivity index (χ0n) is 35.9. The first-order valence-electron chi connectivity index (χ1n) is 23.0. The maximum absolute atomic E-state index is 12.6. The van der Waals surface area contributed by atoms with Crippen LogP contribution in [0.25, 0.3) is 0 Å². The Balaban J connectivity index is 3.93. The summed E-state index contributed by atoms with van der Waals surface area (Å²) in [4.78, 5) is 22.5. The van der Waals surface area contributed by atoms with Gasteiger partial charge >= 0.3 is 13.8 Å². The summed E-state index contributed by atoms with van der Waals surface area (Å²) in [6, 6.07) is 0. The molecule has 0 fully saturated rings. The van der Waals surface area contributed by atoms with Gasteiger partial charge in [0.15, 0.2) is 0 Å². The molecule has 8 nitrogen and oxygen atoms in total. The van der Waals surface area contributed by atoms with Gasteiger partial charge in [0.25, 0.3) is 0 Å². The van der Waals surface area contributed by atoms with E-state index in [1.807, 2.05) is 0 Å². The largest absolute Gasteiger partial charge is 0.472 e. The molecule has 0 amide bonds. The molecule has 0 aromatic heterocycles. The molecule has 0 heterocycles. The first kappa shape index (κ1) is 53.7. The minimum Gasteiger partial charge on any atom is -0.457 e. The van der Waals surface area contributed by atoms with E-state index in [-0.39, 0.29) is 32.3 Å². The zero-order valence-corrected chi connectivity index (χ0v) is 36.8. The molecular weight excluding hydrogens is 709 g/mol. The van der Waals surface area contributed by atoms with Gasteiger partial charge in [-0.25, -0.2) is 4.57 Å². The van der Waals surface area contributed by atoms with E-state index in [2.05, 4.69) is 50.3 Å². The molecule has 0 aliphatic rings. The second-order valence-corrected chi connectivity index (χ2v) is 16.7. The van der Waals surface area contributed by atoms with E-state index in [0.717, 1.165) is 44.9 Å². The number of phosphoric acid groups is 1. The van der Waals surface area contributed by atoms with E-state index in [1.54, 1.807) is 0 Å². The quantitative estimate of drug-likeness (QED) is 0.0271. The number of rotatable bonds is 44. The number of allylic oxidation sites excluding steroid dienone is 6. The highest BCUT2D eigenvalue weighted by Gasteiger charge is 2.25. The fourth-order valence-electron chi connectivity index (χ4n) is 6.42. The first-order valence-corrected chi connectivity index (χ1v) is 24.5. The Hall–Kier alpha value is -1.28. The maximum atomic E-state index is 12.6. The van der Waals surface area contributed by atoms with E-state index in [9.17, 15) is 14.3 Å². The van der Waals surface area contributed by atoms with Gasteiger partial charge in [0.05, 0.1) is 19.8 Å². The van der Waals surface area contributed by atoms with Gasteiger partial charge in [-0.3, -0.25) is 13.8 Å². The summed E-state index contributed by atoms with van der Waals surface area (Å²) in [6.45, 7) is 4.92.